The fourth-order valence-electron chi connectivity index (χ4n) is 3.10. The van der Waals surface area contributed by atoms with Crippen molar-refractivity contribution in [2.24, 2.45) is 5.92 Å². The van der Waals surface area contributed by atoms with E-state index in [-0.39, 0.29) is 5.91 Å². The molecule has 1 atom stereocenters. The van der Waals surface area contributed by atoms with Crippen molar-refractivity contribution in [3.8, 4) is 11.5 Å². The molecule has 2 aromatic rings. The maximum Gasteiger partial charge on any atom is 0.273 e. The number of nitrogens with zero attached hydrogens (tertiary/aromatic N) is 2. The summed E-state index contributed by atoms with van der Waals surface area (Å²) in [6, 6.07) is 7.62. The molecule has 26 heavy (non-hydrogen) atoms. The molecule has 5 nitrogen and oxygen atoms in total. The van der Waals surface area contributed by atoms with E-state index in [2.05, 4.69) is 18.8 Å². The fourth-order valence-corrected chi connectivity index (χ4v) is 3.91. The monoisotopic (exact) mass is 374 g/mol. The summed E-state index contributed by atoms with van der Waals surface area (Å²) in [7, 11) is 1.65. The van der Waals surface area contributed by atoms with Gasteiger partial charge in [-0.1, -0.05) is 19.9 Å². The van der Waals surface area contributed by atoms with Gasteiger partial charge in [-0.3, -0.25) is 4.79 Å². The highest BCUT2D eigenvalue weighted by molar-refractivity contribution is 7.09. The molecule has 6 heteroatoms. The Hall–Kier alpha value is -2.08. The van der Waals surface area contributed by atoms with Gasteiger partial charge < -0.3 is 14.4 Å². The van der Waals surface area contributed by atoms with E-state index in [0.29, 0.717) is 24.1 Å². The third-order valence-electron chi connectivity index (χ3n) is 4.57. The summed E-state index contributed by atoms with van der Waals surface area (Å²) in [5.41, 5.74) is 0.577. The summed E-state index contributed by atoms with van der Waals surface area (Å²) in [5, 5.41) is 2.90. The first-order chi connectivity index (χ1) is 12.6. The van der Waals surface area contributed by atoms with E-state index < -0.39 is 0 Å². The lowest BCUT2D eigenvalue weighted by atomic mass is 9.98. The van der Waals surface area contributed by atoms with Crippen LogP contribution in [0.2, 0.25) is 0 Å². The molecule has 0 spiro atoms. The van der Waals surface area contributed by atoms with Crippen molar-refractivity contribution in [1.82, 2.24) is 9.88 Å². The van der Waals surface area contributed by atoms with Gasteiger partial charge in [0.1, 0.15) is 17.2 Å². The Morgan fingerprint density at radius 3 is 2.92 bits per heavy atom. The second kappa shape index (κ2) is 8.54. The van der Waals surface area contributed by atoms with Crippen molar-refractivity contribution in [2.75, 3.05) is 26.8 Å². The number of amides is 1. The zero-order chi connectivity index (χ0) is 18.5. The van der Waals surface area contributed by atoms with Crippen LogP contribution in [0.4, 0.5) is 0 Å². The zero-order valence-electron chi connectivity index (χ0n) is 15.6. The van der Waals surface area contributed by atoms with Crippen LogP contribution in [0.1, 0.15) is 48.1 Å². The lowest BCUT2D eigenvalue weighted by Gasteiger charge is -2.32. The van der Waals surface area contributed by atoms with Crippen molar-refractivity contribution >= 4 is 17.2 Å². The highest BCUT2D eigenvalue weighted by Crippen LogP contribution is 2.24. The number of benzene rings is 1. The molecule has 0 unspecified atom stereocenters. The van der Waals surface area contributed by atoms with Gasteiger partial charge in [-0.15, -0.1) is 11.3 Å². The zero-order valence-corrected chi connectivity index (χ0v) is 16.4. The van der Waals surface area contributed by atoms with Crippen LogP contribution in [-0.4, -0.2) is 42.6 Å². The molecular formula is C20H26N2O3S. The molecule has 2 heterocycles. The highest BCUT2D eigenvalue weighted by Gasteiger charge is 2.26. The Labute approximate surface area is 159 Å². The maximum absolute atomic E-state index is 12.8. The number of hydrogen-bond acceptors (Lipinski definition) is 5. The Morgan fingerprint density at radius 1 is 1.38 bits per heavy atom. The van der Waals surface area contributed by atoms with Crippen LogP contribution in [0.25, 0.3) is 0 Å². The summed E-state index contributed by atoms with van der Waals surface area (Å²) in [5.74, 6) is 2.31. The fraction of sp³-hybridized carbons (Fsp3) is 0.500. The van der Waals surface area contributed by atoms with Gasteiger partial charge in [0.25, 0.3) is 5.91 Å². The third kappa shape index (κ3) is 4.55. The normalized spacial score (nSPS) is 17.4. The summed E-state index contributed by atoms with van der Waals surface area (Å²) in [4.78, 5) is 19.2. The van der Waals surface area contributed by atoms with Crippen molar-refractivity contribution in [3.05, 3.63) is 40.3 Å². The second-order valence-electron chi connectivity index (χ2n) is 6.98. The Bertz CT molecular complexity index is 744. The molecular weight excluding hydrogens is 348 g/mol. The van der Waals surface area contributed by atoms with E-state index >= 15 is 0 Å². The van der Waals surface area contributed by atoms with Crippen molar-refractivity contribution in [3.63, 3.8) is 0 Å². The molecule has 3 rings (SSSR count). The number of hydrogen-bond donors (Lipinski definition) is 0. The van der Waals surface area contributed by atoms with Gasteiger partial charge in [0.05, 0.1) is 18.7 Å². The molecule has 0 radical (unpaired) electrons. The molecule has 1 saturated heterocycles. The smallest absolute Gasteiger partial charge is 0.273 e. The maximum atomic E-state index is 12.8. The molecule has 0 saturated carbocycles. The Balaban J connectivity index is 1.57. The number of piperidine rings is 1. The first-order valence-electron chi connectivity index (χ1n) is 9.08. The van der Waals surface area contributed by atoms with Crippen LogP contribution in [0, 0.1) is 5.92 Å². The summed E-state index contributed by atoms with van der Waals surface area (Å²) in [6.07, 6.45) is 2.07. The molecule has 0 bridgehead atoms. The summed E-state index contributed by atoms with van der Waals surface area (Å²) >= 11 is 1.57. The standard InChI is InChI=1S/C20H26N2O3S/c1-14(2)19-21-18(13-26-19)20(23)22-9-5-6-15(11-22)12-25-17-8-4-7-16(10-17)24-3/h4,7-8,10,13-15H,5-6,9,11-12H2,1-3H3/t15-/m1/s1. The molecule has 1 aromatic heterocycles. The van der Waals surface area contributed by atoms with Gasteiger partial charge >= 0.3 is 0 Å². The van der Waals surface area contributed by atoms with Crippen molar-refractivity contribution < 1.29 is 14.3 Å². The number of rotatable bonds is 6. The SMILES string of the molecule is COc1cccc(OC[C@@H]2CCCN(C(=O)c3csc(C(C)C)n3)C2)c1. The average Bonchev–Trinajstić information content (AvgIpc) is 3.17. The molecule has 0 N–H and O–H groups in total. The molecule has 0 aliphatic carbocycles. The van der Waals surface area contributed by atoms with E-state index in [1.165, 1.54) is 0 Å². The van der Waals surface area contributed by atoms with Crippen LogP contribution in [0.5, 0.6) is 11.5 Å². The van der Waals surface area contributed by atoms with Gasteiger partial charge in [0, 0.05) is 36.4 Å². The number of carbonyl (C=O) groups excluding carboxylic acids is 1. The molecule has 140 valence electrons. The van der Waals surface area contributed by atoms with Crippen LogP contribution in [-0.2, 0) is 0 Å². The lowest BCUT2D eigenvalue weighted by molar-refractivity contribution is 0.0628. The van der Waals surface area contributed by atoms with Crippen LogP contribution in [0.3, 0.4) is 0 Å². The topological polar surface area (TPSA) is 51.7 Å². The number of methoxy groups -OCH3 is 1. The molecule has 1 fully saturated rings. The minimum Gasteiger partial charge on any atom is -0.497 e. The van der Waals surface area contributed by atoms with Gasteiger partial charge in [-0.05, 0) is 25.0 Å². The van der Waals surface area contributed by atoms with Gasteiger partial charge in [-0.25, -0.2) is 4.98 Å². The van der Waals surface area contributed by atoms with Crippen LogP contribution in [0.15, 0.2) is 29.6 Å². The van der Waals surface area contributed by atoms with E-state index in [4.69, 9.17) is 9.47 Å². The van der Waals surface area contributed by atoms with Crippen LogP contribution >= 0.6 is 11.3 Å². The number of likely N-dealkylation sites (tertiary alicyclic amines) is 1. The van der Waals surface area contributed by atoms with E-state index in [1.807, 2.05) is 34.5 Å². The second-order valence-corrected chi connectivity index (χ2v) is 7.86. The number of aromatic nitrogens is 1. The van der Waals surface area contributed by atoms with Gasteiger partial charge in [0.2, 0.25) is 0 Å². The van der Waals surface area contributed by atoms with E-state index in [9.17, 15) is 4.79 Å². The Kier molecular flexibility index (Phi) is 6.14. The van der Waals surface area contributed by atoms with Crippen molar-refractivity contribution in [1.29, 1.82) is 0 Å². The number of ether oxygens (including phenoxy) is 2. The summed E-state index contributed by atoms with van der Waals surface area (Å²) < 4.78 is 11.1. The third-order valence-corrected chi connectivity index (χ3v) is 5.71. The van der Waals surface area contributed by atoms with E-state index in [1.54, 1.807) is 18.4 Å². The van der Waals surface area contributed by atoms with Gasteiger partial charge in [0.15, 0.2) is 0 Å². The Morgan fingerprint density at radius 2 is 2.19 bits per heavy atom. The minimum atomic E-state index is 0.0410. The molecule has 1 amide bonds. The predicted octanol–water partition coefficient (Wildman–Crippen LogP) is 4.21. The molecule has 1 aromatic carbocycles. The summed E-state index contributed by atoms with van der Waals surface area (Å²) in [6.45, 7) is 6.31. The van der Waals surface area contributed by atoms with Crippen molar-refractivity contribution in [2.45, 2.75) is 32.6 Å². The number of carbonyl (C=O) groups is 1. The van der Waals surface area contributed by atoms with Crippen LogP contribution < -0.4 is 9.47 Å². The first kappa shape index (κ1) is 18.7. The van der Waals surface area contributed by atoms with Gasteiger partial charge in [-0.2, -0.15) is 0 Å². The van der Waals surface area contributed by atoms with E-state index in [0.717, 1.165) is 42.4 Å². The average molecular weight is 375 g/mol. The first-order valence-corrected chi connectivity index (χ1v) is 9.96. The lowest BCUT2D eigenvalue weighted by Crippen LogP contribution is -2.41. The molecule has 1 aliphatic rings. The number of thiazole rings is 1. The highest BCUT2D eigenvalue weighted by atomic mass is 32.1. The minimum absolute atomic E-state index is 0.0410. The predicted molar refractivity (Wildman–Crippen MR) is 103 cm³/mol. The largest absolute Gasteiger partial charge is 0.497 e. The quantitative estimate of drug-likeness (QED) is 0.760. The molecule has 1 aliphatic heterocycles.